The molecule has 1 heterocycles. The van der Waals surface area contributed by atoms with Crippen molar-refractivity contribution >= 4 is 17.5 Å². The summed E-state index contributed by atoms with van der Waals surface area (Å²) in [5.41, 5.74) is 0.490. The van der Waals surface area contributed by atoms with Gasteiger partial charge in [-0.3, -0.25) is 9.48 Å². The van der Waals surface area contributed by atoms with E-state index in [1.807, 2.05) is 6.92 Å². The summed E-state index contributed by atoms with van der Waals surface area (Å²) < 4.78 is 1.66. The highest BCUT2D eigenvalue weighted by Gasteiger charge is 2.42. The Bertz CT molecular complexity index is 513. The zero-order valence-corrected chi connectivity index (χ0v) is 12.9. The molecule has 0 saturated heterocycles. The van der Waals surface area contributed by atoms with Crippen LogP contribution in [0, 0.1) is 17.8 Å². The van der Waals surface area contributed by atoms with E-state index in [4.69, 9.17) is 11.6 Å². The molecule has 5 heteroatoms. The zero-order valence-electron chi connectivity index (χ0n) is 12.1. The van der Waals surface area contributed by atoms with Gasteiger partial charge < -0.3 is 5.32 Å². The van der Waals surface area contributed by atoms with E-state index in [1.54, 1.807) is 10.9 Å². The van der Waals surface area contributed by atoms with Gasteiger partial charge in [0.25, 0.3) is 5.91 Å². The SMILES string of the molecule is CCn1ncc(Cl)c1C(=O)N[C@@H](C)[C@@H]1C[C@@H]2CC[C@@H]1C2. The maximum Gasteiger partial charge on any atom is 0.271 e. The maximum absolute atomic E-state index is 12.4. The van der Waals surface area contributed by atoms with Gasteiger partial charge in [0, 0.05) is 12.6 Å². The Balaban J connectivity index is 1.68. The molecular formula is C15H22ClN3O. The molecule has 2 saturated carbocycles. The summed E-state index contributed by atoms with van der Waals surface area (Å²) in [6.45, 7) is 4.74. The Morgan fingerprint density at radius 3 is 2.95 bits per heavy atom. The van der Waals surface area contributed by atoms with Crippen LogP contribution < -0.4 is 5.32 Å². The molecule has 0 aromatic carbocycles. The second kappa shape index (κ2) is 5.40. The van der Waals surface area contributed by atoms with E-state index in [0.717, 1.165) is 11.8 Å². The summed E-state index contributed by atoms with van der Waals surface area (Å²) in [5.74, 6) is 2.25. The molecule has 0 radical (unpaired) electrons. The van der Waals surface area contributed by atoms with Gasteiger partial charge >= 0.3 is 0 Å². The highest BCUT2D eigenvalue weighted by atomic mass is 35.5. The van der Waals surface area contributed by atoms with Crippen molar-refractivity contribution in [3.8, 4) is 0 Å². The number of nitrogens with zero attached hydrogens (tertiary/aromatic N) is 2. The first kappa shape index (κ1) is 13.9. The van der Waals surface area contributed by atoms with Gasteiger partial charge in [0.2, 0.25) is 0 Å². The van der Waals surface area contributed by atoms with Gasteiger partial charge in [-0.2, -0.15) is 5.10 Å². The Morgan fingerprint density at radius 1 is 1.55 bits per heavy atom. The molecule has 1 N–H and O–H groups in total. The van der Waals surface area contributed by atoms with Crippen LogP contribution in [0.25, 0.3) is 0 Å². The van der Waals surface area contributed by atoms with Crippen LogP contribution in [0.15, 0.2) is 6.20 Å². The topological polar surface area (TPSA) is 46.9 Å². The molecule has 1 amide bonds. The zero-order chi connectivity index (χ0) is 14.3. The molecule has 2 fully saturated rings. The lowest BCUT2D eigenvalue weighted by Crippen LogP contribution is -2.41. The van der Waals surface area contributed by atoms with Gasteiger partial charge in [0.1, 0.15) is 5.69 Å². The molecule has 2 bridgehead atoms. The van der Waals surface area contributed by atoms with E-state index in [0.29, 0.717) is 23.2 Å². The van der Waals surface area contributed by atoms with Crippen LogP contribution in [-0.4, -0.2) is 21.7 Å². The maximum atomic E-state index is 12.4. The van der Waals surface area contributed by atoms with Crippen molar-refractivity contribution in [2.45, 2.75) is 52.1 Å². The summed E-state index contributed by atoms with van der Waals surface area (Å²) >= 11 is 6.08. The molecule has 0 aliphatic heterocycles. The third kappa shape index (κ3) is 2.34. The monoisotopic (exact) mass is 295 g/mol. The quantitative estimate of drug-likeness (QED) is 0.928. The molecule has 1 aromatic rings. The summed E-state index contributed by atoms with van der Waals surface area (Å²) in [6.07, 6.45) is 6.90. The number of hydrogen-bond donors (Lipinski definition) is 1. The lowest BCUT2D eigenvalue weighted by atomic mass is 9.84. The molecule has 3 rings (SSSR count). The second-order valence-electron chi connectivity index (χ2n) is 6.26. The van der Waals surface area contributed by atoms with Crippen LogP contribution in [0.5, 0.6) is 0 Å². The van der Waals surface area contributed by atoms with Crippen LogP contribution >= 0.6 is 11.6 Å². The first-order chi connectivity index (χ1) is 9.60. The van der Waals surface area contributed by atoms with E-state index < -0.39 is 0 Å². The molecule has 0 unspecified atom stereocenters. The largest absolute Gasteiger partial charge is 0.348 e. The molecule has 2 aliphatic carbocycles. The fraction of sp³-hybridized carbons (Fsp3) is 0.733. The fourth-order valence-electron chi connectivity index (χ4n) is 4.12. The predicted molar refractivity (Wildman–Crippen MR) is 78.8 cm³/mol. The predicted octanol–water partition coefficient (Wildman–Crippen LogP) is 3.11. The molecule has 4 nitrogen and oxygen atoms in total. The number of fused-ring (bicyclic) bond motifs is 2. The Kier molecular flexibility index (Phi) is 3.76. The second-order valence-corrected chi connectivity index (χ2v) is 6.66. The number of nitrogens with one attached hydrogen (secondary N) is 1. The molecule has 2 aliphatic rings. The summed E-state index contributed by atoms with van der Waals surface area (Å²) in [4.78, 5) is 12.4. The van der Waals surface area contributed by atoms with Crippen LogP contribution in [0.2, 0.25) is 5.02 Å². The number of carbonyl (C=O) groups is 1. The first-order valence-corrected chi connectivity index (χ1v) is 8.00. The Labute approximate surface area is 124 Å². The minimum atomic E-state index is -0.0929. The van der Waals surface area contributed by atoms with Gasteiger partial charge in [0.05, 0.1) is 11.2 Å². The van der Waals surface area contributed by atoms with Crippen molar-refractivity contribution in [3.63, 3.8) is 0 Å². The summed E-state index contributed by atoms with van der Waals surface area (Å²) in [5, 5.41) is 7.70. The highest BCUT2D eigenvalue weighted by Crippen LogP contribution is 2.49. The third-order valence-electron chi connectivity index (χ3n) is 5.10. The van der Waals surface area contributed by atoms with Crippen molar-refractivity contribution in [1.29, 1.82) is 0 Å². The number of hydrogen-bond acceptors (Lipinski definition) is 2. The molecule has 0 spiro atoms. The summed E-state index contributed by atoms with van der Waals surface area (Å²) in [7, 11) is 0. The van der Waals surface area contributed by atoms with E-state index in [2.05, 4.69) is 17.3 Å². The lowest BCUT2D eigenvalue weighted by Gasteiger charge is -2.28. The van der Waals surface area contributed by atoms with E-state index in [9.17, 15) is 4.79 Å². The smallest absolute Gasteiger partial charge is 0.271 e. The Hall–Kier alpha value is -1.03. The molecule has 20 heavy (non-hydrogen) atoms. The summed E-state index contributed by atoms with van der Waals surface area (Å²) in [6, 6.07) is 0.217. The van der Waals surface area contributed by atoms with Crippen molar-refractivity contribution < 1.29 is 4.79 Å². The lowest BCUT2D eigenvalue weighted by molar-refractivity contribution is 0.0904. The standard InChI is InChI=1S/C15H22ClN3O/c1-3-19-14(13(16)8-17-19)15(20)18-9(2)12-7-10-4-5-11(12)6-10/h8-12H,3-7H2,1-2H3,(H,18,20)/t9-,10+,11+,12-/m0/s1. The van der Waals surface area contributed by atoms with E-state index >= 15 is 0 Å². The Morgan fingerprint density at radius 2 is 2.35 bits per heavy atom. The number of amides is 1. The van der Waals surface area contributed by atoms with Crippen LogP contribution in [-0.2, 0) is 6.54 Å². The highest BCUT2D eigenvalue weighted by molar-refractivity contribution is 6.33. The van der Waals surface area contributed by atoms with Gasteiger partial charge in [-0.25, -0.2) is 0 Å². The molecular weight excluding hydrogens is 274 g/mol. The number of aromatic nitrogens is 2. The van der Waals surface area contributed by atoms with Crippen LogP contribution in [0.4, 0.5) is 0 Å². The molecule has 110 valence electrons. The minimum Gasteiger partial charge on any atom is -0.348 e. The van der Waals surface area contributed by atoms with Gasteiger partial charge in [-0.05, 0) is 50.9 Å². The average Bonchev–Trinajstić information content (AvgIpc) is 3.12. The average molecular weight is 296 g/mol. The van der Waals surface area contributed by atoms with Crippen molar-refractivity contribution in [3.05, 3.63) is 16.9 Å². The van der Waals surface area contributed by atoms with Gasteiger partial charge in [-0.1, -0.05) is 18.0 Å². The van der Waals surface area contributed by atoms with Crippen molar-refractivity contribution in [2.75, 3.05) is 0 Å². The molecule has 1 aromatic heterocycles. The molecule has 4 atom stereocenters. The van der Waals surface area contributed by atoms with Crippen molar-refractivity contribution in [1.82, 2.24) is 15.1 Å². The number of aryl methyl sites for hydroxylation is 1. The minimum absolute atomic E-state index is 0.0929. The fourth-order valence-corrected chi connectivity index (χ4v) is 4.34. The van der Waals surface area contributed by atoms with E-state index in [-0.39, 0.29) is 11.9 Å². The number of carbonyl (C=O) groups excluding carboxylic acids is 1. The normalized spacial score (nSPS) is 29.6. The van der Waals surface area contributed by atoms with Crippen LogP contribution in [0.3, 0.4) is 0 Å². The number of rotatable bonds is 4. The van der Waals surface area contributed by atoms with Crippen molar-refractivity contribution in [2.24, 2.45) is 17.8 Å². The first-order valence-electron chi connectivity index (χ1n) is 7.62. The van der Waals surface area contributed by atoms with Gasteiger partial charge in [0.15, 0.2) is 0 Å². The van der Waals surface area contributed by atoms with Crippen LogP contribution in [0.1, 0.15) is 50.0 Å². The van der Waals surface area contributed by atoms with Gasteiger partial charge in [-0.15, -0.1) is 0 Å². The third-order valence-corrected chi connectivity index (χ3v) is 5.38. The van der Waals surface area contributed by atoms with E-state index in [1.165, 1.54) is 25.7 Å². The number of halogens is 1.